The lowest BCUT2D eigenvalue weighted by molar-refractivity contribution is -0.116. The molecule has 2 heteroatoms. The van der Waals surface area contributed by atoms with Crippen LogP contribution in [-0.2, 0) is 16.0 Å². The first-order valence-electron chi connectivity index (χ1n) is 4.53. The SMILES string of the molecule is CC(=O)Cc1ccccc1.CC(C)=O. The molecule has 2 nitrogen and oxygen atoms in total. The quantitative estimate of drug-likeness (QED) is 0.721. The zero-order valence-corrected chi connectivity index (χ0v) is 8.91. The number of ketones is 2. The third-order valence-electron chi connectivity index (χ3n) is 1.30. The van der Waals surface area contributed by atoms with Crippen LogP contribution in [-0.4, -0.2) is 11.6 Å². The minimum Gasteiger partial charge on any atom is -0.300 e. The Kier molecular flexibility index (Phi) is 6.29. The lowest BCUT2D eigenvalue weighted by Crippen LogP contribution is -1.94. The van der Waals surface area contributed by atoms with Crippen molar-refractivity contribution in [2.75, 3.05) is 0 Å². The van der Waals surface area contributed by atoms with Crippen LogP contribution in [0.5, 0.6) is 0 Å². The summed E-state index contributed by atoms with van der Waals surface area (Å²) in [5, 5.41) is 0. The zero-order valence-electron chi connectivity index (χ0n) is 8.91. The molecule has 0 spiro atoms. The molecule has 0 N–H and O–H groups in total. The van der Waals surface area contributed by atoms with Crippen LogP contribution in [0.15, 0.2) is 30.3 Å². The topological polar surface area (TPSA) is 34.1 Å². The Morgan fingerprint density at radius 3 is 1.79 bits per heavy atom. The van der Waals surface area contributed by atoms with Crippen LogP contribution in [0.2, 0.25) is 0 Å². The average Bonchev–Trinajstić information content (AvgIpc) is 2.03. The molecule has 0 aliphatic heterocycles. The van der Waals surface area contributed by atoms with Gasteiger partial charge in [-0.25, -0.2) is 0 Å². The smallest absolute Gasteiger partial charge is 0.134 e. The van der Waals surface area contributed by atoms with Crippen molar-refractivity contribution >= 4 is 11.6 Å². The van der Waals surface area contributed by atoms with E-state index in [0.29, 0.717) is 6.42 Å². The van der Waals surface area contributed by atoms with Gasteiger partial charge >= 0.3 is 0 Å². The number of hydrogen-bond donors (Lipinski definition) is 0. The van der Waals surface area contributed by atoms with Gasteiger partial charge in [-0.05, 0) is 26.3 Å². The van der Waals surface area contributed by atoms with E-state index in [9.17, 15) is 9.59 Å². The average molecular weight is 192 g/mol. The van der Waals surface area contributed by atoms with E-state index in [-0.39, 0.29) is 11.6 Å². The van der Waals surface area contributed by atoms with E-state index >= 15 is 0 Å². The summed E-state index contributed by atoms with van der Waals surface area (Å²) >= 11 is 0. The van der Waals surface area contributed by atoms with Crippen LogP contribution < -0.4 is 0 Å². The second kappa shape index (κ2) is 7.01. The summed E-state index contributed by atoms with van der Waals surface area (Å²) in [5.74, 6) is 0.381. The summed E-state index contributed by atoms with van der Waals surface area (Å²) in [5.41, 5.74) is 1.09. The molecule has 0 aliphatic rings. The van der Waals surface area contributed by atoms with Crippen molar-refractivity contribution in [3.63, 3.8) is 0 Å². The van der Waals surface area contributed by atoms with Crippen molar-refractivity contribution in [1.29, 1.82) is 0 Å². The Morgan fingerprint density at radius 2 is 1.43 bits per heavy atom. The Morgan fingerprint density at radius 1 is 1.00 bits per heavy atom. The van der Waals surface area contributed by atoms with Crippen molar-refractivity contribution in [2.24, 2.45) is 0 Å². The highest BCUT2D eigenvalue weighted by molar-refractivity contribution is 5.78. The van der Waals surface area contributed by atoms with Crippen molar-refractivity contribution in [2.45, 2.75) is 27.2 Å². The molecule has 0 heterocycles. The standard InChI is InChI=1S/C9H10O.C3H6O/c1-8(10)7-9-5-3-2-4-6-9;1-3(2)4/h2-6H,7H2,1H3;1-2H3. The van der Waals surface area contributed by atoms with Gasteiger partial charge in [0, 0.05) is 6.42 Å². The first-order valence-corrected chi connectivity index (χ1v) is 4.53. The Hall–Kier alpha value is -1.44. The minimum absolute atomic E-state index is 0.167. The monoisotopic (exact) mass is 192 g/mol. The number of carbonyl (C=O) groups excluding carboxylic acids is 2. The molecule has 1 rings (SSSR count). The predicted molar refractivity (Wildman–Crippen MR) is 57.2 cm³/mol. The molecule has 0 unspecified atom stereocenters. The van der Waals surface area contributed by atoms with Gasteiger partial charge in [0.15, 0.2) is 0 Å². The van der Waals surface area contributed by atoms with Gasteiger partial charge in [0.1, 0.15) is 11.6 Å². The molecule has 0 saturated carbocycles. The van der Waals surface area contributed by atoms with Gasteiger partial charge in [0.25, 0.3) is 0 Å². The van der Waals surface area contributed by atoms with Crippen molar-refractivity contribution in [3.8, 4) is 0 Å². The van der Waals surface area contributed by atoms with Crippen LogP contribution in [0, 0.1) is 0 Å². The summed E-state index contributed by atoms with van der Waals surface area (Å²) in [7, 11) is 0. The molecule has 0 fully saturated rings. The summed E-state index contributed by atoms with van der Waals surface area (Å²) in [6.07, 6.45) is 0.556. The second-order valence-electron chi connectivity index (χ2n) is 3.27. The molecule has 0 aliphatic carbocycles. The largest absolute Gasteiger partial charge is 0.300 e. The van der Waals surface area contributed by atoms with Crippen molar-refractivity contribution < 1.29 is 9.59 Å². The molecule has 0 saturated heterocycles. The summed E-state index contributed by atoms with van der Waals surface area (Å²) in [4.78, 5) is 20.1. The fourth-order valence-electron chi connectivity index (χ4n) is 0.883. The maximum Gasteiger partial charge on any atom is 0.134 e. The fourth-order valence-corrected chi connectivity index (χ4v) is 0.883. The lowest BCUT2D eigenvalue weighted by atomic mass is 10.1. The van der Waals surface area contributed by atoms with E-state index in [1.807, 2.05) is 30.3 Å². The third-order valence-corrected chi connectivity index (χ3v) is 1.30. The van der Waals surface area contributed by atoms with E-state index in [4.69, 9.17) is 0 Å². The highest BCUT2D eigenvalue weighted by atomic mass is 16.1. The van der Waals surface area contributed by atoms with Gasteiger partial charge in [-0.15, -0.1) is 0 Å². The molecular formula is C12H16O2. The molecule has 0 aromatic heterocycles. The molecule has 0 amide bonds. The maximum atomic E-state index is 10.6. The molecule has 0 bridgehead atoms. The van der Waals surface area contributed by atoms with E-state index in [2.05, 4.69) is 0 Å². The number of benzene rings is 1. The molecule has 14 heavy (non-hydrogen) atoms. The Balaban J connectivity index is 0.000000364. The van der Waals surface area contributed by atoms with Gasteiger partial charge in [-0.3, -0.25) is 4.79 Å². The van der Waals surface area contributed by atoms with Crippen molar-refractivity contribution in [3.05, 3.63) is 35.9 Å². The first kappa shape index (κ1) is 12.6. The van der Waals surface area contributed by atoms with Crippen LogP contribution in [0.25, 0.3) is 0 Å². The number of Topliss-reactive ketones (excluding diaryl/α,β-unsaturated/α-hetero) is 2. The summed E-state index contributed by atoms with van der Waals surface area (Å²) < 4.78 is 0. The van der Waals surface area contributed by atoms with Gasteiger partial charge in [0.05, 0.1) is 0 Å². The highest BCUT2D eigenvalue weighted by Crippen LogP contribution is 1.98. The molecule has 0 radical (unpaired) electrons. The fraction of sp³-hybridized carbons (Fsp3) is 0.333. The lowest BCUT2D eigenvalue weighted by Gasteiger charge is -1.93. The van der Waals surface area contributed by atoms with Gasteiger partial charge in [-0.2, -0.15) is 0 Å². The van der Waals surface area contributed by atoms with Crippen LogP contribution in [0.1, 0.15) is 26.3 Å². The van der Waals surface area contributed by atoms with Crippen LogP contribution in [0.3, 0.4) is 0 Å². The second-order valence-corrected chi connectivity index (χ2v) is 3.27. The van der Waals surface area contributed by atoms with E-state index in [1.54, 1.807) is 6.92 Å². The zero-order chi connectivity index (χ0) is 11.0. The molecule has 76 valence electrons. The summed E-state index contributed by atoms with van der Waals surface area (Å²) in [6.45, 7) is 4.66. The first-order chi connectivity index (χ1) is 6.52. The number of rotatable bonds is 2. The minimum atomic E-state index is 0.167. The Labute approximate surface area is 84.9 Å². The predicted octanol–water partition coefficient (Wildman–Crippen LogP) is 2.41. The molecule has 1 aromatic carbocycles. The van der Waals surface area contributed by atoms with Crippen molar-refractivity contribution in [1.82, 2.24) is 0 Å². The Bertz CT molecular complexity index is 284. The normalized spacial score (nSPS) is 8.50. The van der Waals surface area contributed by atoms with Gasteiger partial charge in [-0.1, -0.05) is 30.3 Å². The van der Waals surface area contributed by atoms with Gasteiger partial charge < -0.3 is 4.79 Å². The van der Waals surface area contributed by atoms with E-state index in [1.165, 1.54) is 13.8 Å². The maximum absolute atomic E-state index is 10.6. The molecular weight excluding hydrogens is 176 g/mol. The molecule has 1 aromatic rings. The highest BCUT2D eigenvalue weighted by Gasteiger charge is 1.93. The number of carbonyl (C=O) groups is 2. The summed E-state index contributed by atoms with van der Waals surface area (Å²) in [6, 6.07) is 9.75. The van der Waals surface area contributed by atoms with E-state index < -0.39 is 0 Å². The van der Waals surface area contributed by atoms with E-state index in [0.717, 1.165) is 5.56 Å². The number of hydrogen-bond acceptors (Lipinski definition) is 2. The molecule has 0 atom stereocenters. The van der Waals surface area contributed by atoms with Crippen LogP contribution in [0.4, 0.5) is 0 Å². The van der Waals surface area contributed by atoms with Gasteiger partial charge in [0.2, 0.25) is 0 Å². The third kappa shape index (κ3) is 8.65. The van der Waals surface area contributed by atoms with Crippen LogP contribution >= 0.6 is 0 Å².